The van der Waals surface area contributed by atoms with E-state index in [2.05, 4.69) is 16.7 Å². The van der Waals surface area contributed by atoms with Crippen molar-refractivity contribution in [3.05, 3.63) is 107 Å². The van der Waals surface area contributed by atoms with Gasteiger partial charge >= 0.3 is 0 Å². The summed E-state index contributed by atoms with van der Waals surface area (Å²) in [6, 6.07) is 21.9. The molecule has 1 aliphatic carbocycles. The largest absolute Gasteiger partial charge is 0.366 e. The molecule has 0 aromatic heterocycles. The molecule has 9 nitrogen and oxygen atoms in total. The molecule has 9 heteroatoms. The van der Waals surface area contributed by atoms with Crippen LogP contribution < -0.4 is 22.1 Å². The summed E-state index contributed by atoms with van der Waals surface area (Å²) in [7, 11) is 0. The summed E-state index contributed by atoms with van der Waals surface area (Å²) in [6.45, 7) is 1.89. The molecule has 218 valence electrons. The average Bonchev–Trinajstić information content (AvgIpc) is 3.62. The molecular weight excluding hydrogens is 530 g/mol. The van der Waals surface area contributed by atoms with Gasteiger partial charge in [-0.3, -0.25) is 19.2 Å². The maximum atomic E-state index is 14.2. The smallest absolute Gasteiger partial charge is 0.248 e. The van der Waals surface area contributed by atoms with Crippen molar-refractivity contribution in [1.82, 2.24) is 15.5 Å². The van der Waals surface area contributed by atoms with E-state index >= 15 is 0 Å². The van der Waals surface area contributed by atoms with E-state index in [0.717, 1.165) is 29.5 Å². The highest BCUT2D eigenvalue weighted by Gasteiger charge is 2.43. The van der Waals surface area contributed by atoms with Gasteiger partial charge in [-0.15, -0.1) is 0 Å². The Kier molecular flexibility index (Phi) is 8.68. The van der Waals surface area contributed by atoms with Crippen LogP contribution in [-0.4, -0.2) is 53.2 Å². The predicted molar refractivity (Wildman–Crippen MR) is 159 cm³/mol. The number of carbonyl (C=O) groups is 4. The third-order valence-electron chi connectivity index (χ3n) is 8.31. The van der Waals surface area contributed by atoms with Gasteiger partial charge in [0.15, 0.2) is 0 Å². The zero-order chi connectivity index (χ0) is 29.8. The van der Waals surface area contributed by atoms with Gasteiger partial charge in [0.05, 0.1) is 12.1 Å². The van der Waals surface area contributed by atoms with Gasteiger partial charge in [-0.25, -0.2) is 0 Å². The number of likely N-dealkylation sites (tertiary alicyclic amines) is 1. The molecule has 1 fully saturated rings. The van der Waals surface area contributed by atoms with Crippen LogP contribution in [-0.2, 0) is 27.2 Å². The zero-order valence-electron chi connectivity index (χ0n) is 23.7. The number of primary amides is 1. The molecule has 3 aromatic rings. The van der Waals surface area contributed by atoms with E-state index < -0.39 is 29.9 Å². The lowest BCUT2D eigenvalue weighted by Crippen LogP contribution is -2.56. The minimum Gasteiger partial charge on any atom is -0.366 e. The van der Waals surface area contributed by atoms with Crippen molar-refractivity contribution in [1.29, 1.82) is 0 Å². The molecule has 2 unspecified atom stereocenters. The summed E-state index contributed by atoms with van der Waals surface area (Å²) >= 11 is 0. The molecule has 0 bridgehead atoms. The Balaban J connectivity index is 1.41. The van der Waals surface area contributed by atoms with Crippen molar-refractivity contribution in [3.8, 4) is 0 Å². The Labute approximate surface area is 245 Å². The van der Waals surface area contributed by atoms with Crippen molar-refractivity contribution in [2.45, 2.75) is 62.7 Å². The minimum absolute atomic E-state index is 0.0404. The van der Waals surface area contributed by atoms with Gasteiger partial charge in [-0.05, 0) is 60.6 Å². The summed E-state index contributed by atoms with van der Waals surface area (Å²) in [5, 5.41) is 6.02. The van der Waals surface area contributed by atoms with Crippen LogP contribution in [0.25, 0.3) is 0 Å². The number of rotatable bonds is 9. The second-order valence-electron chi connectivity index (χ2n) is 11.3. The van der Waals surface area contributed by atoms with Gasteiger partial charge in [0, 0.05) is 24.4 Å². The number of fused-ring (bicyclic) bond motifs is 1. The van der Waals surface area contributed by atoms with Crippen LogP contribution in [0.2, 0.25) is 0 Å². The molecule has 42 heavy (non-hydrogen) atoms. The van der Waals surface area contributed by atoms with Crippen molar-refractivity contribution < 1.29 is 19.2 Å². The van der Waals surface area contributed by atoms with Gasteiger partial charge in [0.25, 0.3) is 0 Å². The first-order valence-electron chi connectivity index (χ1n) is 14.4. The quantitative estimate of drug-likeness (QED) is 0.313. The highest BCUT2D eigenvalue weighted by molar-refractivity contribution is 5.94. The van der Waals surface area contributed by atoms with Gasteiger partial charge < -0.3 is 27.0 Å². The van der Waals surface area contributed by atoms with E-state index in [-0.39, 0.29) is 30.2 Å². The second-order valence-corrected chi connectivity index (χ2v) is 11.3. The van der Waals surface area contributed by atoms with E-state index in [1.165, 1.54) is 5.56 Å². The first kappa shape index (κ1) is 29.0. The lowest BCUT2D eigenvalue weighted by Gasteiger charge is -2.30. The number of carbonyl (C=O) groups excluding carboxylic acids is 4. The van der Waals surface area contributed by atoms with Crippen LogP contribution >= 0.6 is 0 Å². The number of aryl methyl sites for hydroxylation is 1. The first-order chi connectivity index (χ1) is 20.2. The van der Waals surface area contributed by atoms with Crippen LogP contribution in [0, 0.1) is 0 Å². The topological polar surface area (TPSA) is 148 Å². The SMILES string of the molecule is CC(N)C(=O)NC(Cc1ccc(C(N)=O)cc1)C(=O)N1C[C@@H](c2ccccc2)C[C@H]1C(=O)N[C@@H]1CCc2ccccc21. The van der Waals surface area contributed by atoms with Crippen LogP contribution in [0.15, 0.2) is 78.9 Å². The molecular formula is C33H37N5O4. The maximum Gasteiger partial charge on any atom is 0.248 e. The zero-order valence-corrected chi connectivity index (χ0v) is 23.7. The molecule has 5 rings (SSSR count). The molecule has 1 aliphatic heterocycles. The molecule has 2 aliphatic rings. The lowest BCUT2D eigenvalue weighted by atomic mass is 9.96. The molecule has 3 aromatic carbocycles. The monoisotopic (exact) mass is 567 g/mol. The molecule has 0 spiro atoms. The number of nitrogens with one attached hydrogen (secondary N) is 2. The summed E-state index contributed by atoms with van der Waals surface area (Å²) in [4.78, 5) is 53.9. The number of nitrogens with zero attached hydrogens (tertiary/aromatic N) is 1. The molecule has 5 atom stereocenters. The van der Waals surface area contributed by atoms with Crippen molar-refractivity contribution in [2.24, 2.45) is 11.5 Å². The van der Waals surface area contributed by atoms with E-state index in [4.69, 9.17) is 11.5 Å². The Hall–Kier alpha value is -4.50. The van der Waals surface area contributed by atoms with Crippen molar-refractivity contribution in [3.63, 3.8) is 0 Å². The van der Waals surface area contributed by atoms with Crippen molar-refractivity contribution >= 4 is 23.6 Å². The minimum atomic E-state index is -0.958. The highest BCUT2D eigenvalue weighted by atomic mass is 16.2. The summed E-state index contributed by atoms with van der Waals surface area (Å²) in [6.07, 6.45) is 2.33. The van der Waals surface area contributed by atoms with Crippen LogP contribution in [0.4, 0.5) is 0 Å². The fourth-order valence-electron chi connectivity index (χ4n) is 6.01. The van der Waals surface area contributed by atoms with Gasteiger partial charge in [0.1, 0.15) is 12.1 Å². The fourth-order valence-corrected chi connectivity index (χ4v) is 6.01. The number of hydrogen-bond acceptors (Lipinski definition) is 5. The van der Waals surface area contributed by atoms with Gasteiger partial charge in [-0.2, -0.15) is 0 Å². The number of nitrogens with two attached hydrogens (primary N) is 2. The summed E-state index contributed by atoms with van der Waals surface area (Å²) < 4.78 is 0. The van der Waals surface area contributed by atoms with E-state index in [9.17, 15) is 19.2 Å². The standard InChI is InChI=1S/C33H37N5O4/c1-20(34)31(40)37-28(17-21-11-13-24(14-12-21)30(35)39)33(42)38-19-25(22-7-3-2-4-8-22)18-29(38)32(41)36-27-16-15-23-9-5-6-10-26(23)27/h2-14,20,25,27-29H,15-19,34H2,1H3,(H2,35,39)(H,36,41)(H,37,40)/t20?,25-,27+,28?,29-/m0/s1. The molecule has 4 amide bonds. The van der Waals surface area contributed by atoms with Gasteiger partial charge in [-0.1, -0.05) is 66.7 Å². The highest BCUT2D eigenvalue weighted by Crippen LogP contribution is 2.35. The maximum absolute atomic E-state index is 14.2. The average molecular weight is 568 g/mol. The van der Waals surface area contributed by atoms with Crippen LogP contribution in [0.5, 0.6) is 0 Å². The number of amides is 4. The third kappa shape index (κ3) is 6.36. The van der Waals surface area contributed by atoms with Crippen LogP contribution in [0.1, 0.15) is 64.3 Å². The van der Waals surface area contributed by atoms with Gasteiger partial charge in [0.2, 0.25) is 23.6 Å². The normalized spacial score (nSPS) is 20.8. The molecule has 0 radical (unpaired) electrons. The van der Waals surface area contributed by atoms with E-state index in [1.54, 1.807) is 36.1 Å². The Bertz CT molecular complexity index is 1460. The second kappa shape index (κ2) is 12.6. The molecule has 1 heterocycles. The summed E-state index contributed by atoms with van der Waals surface area (Å²) in [5.41, 5.74) is 15.7. The Morgan fingerprint density at radius 3 is 2.33 bits per heavy atom. The van der Waals surface area contributed by atoms with Crippen molar-refractivity contribution in [2.75, 3.05) is 6.54 Å². The van der Waals surface area contributed by atoms with E-state index in [1.807, 2.05) is 48.5 Å². The Morgan fingerprint density at radius 1 is 0.952 bits per heavy atom. The Morgan fingerprint density at radius 2 is 1.64 bits per heavy atom. The number of benzene rings is 3. The first-order valence-corrected chi connectivity index (χ1v) is 14.4. The predicted octanol–water partition coefficient (Wildman–Crippen LogP) is 2.35. The van der Waals surface area contributed by atoms with Crippen LogP contribution in [0.3, 0.4) is 0 Å². The summed E-state index contributed by atoms with van der Waals surface area (Å²) in [5.74, 6) is -1.62. The molecule has 1 saturated heterocycles. The lowest BCUT2D eigenvalue weighted by molar-refractivity contribution is -0.141. The molecule has 6 N–H and O–H groups in total. The fraction of sp³-hybridized carbons (Fsp3) is 0.333. The van der Waals surface area contributed by atoms with E-state index in [0.29, 0.717) is 18.5 Å². The molecule has 0 saturated carbocycles. The number of hydrogen-bond donors (Lipinski definition) is 4. The third-order valence-corrected chi connectivity index (χ3v) is 8.31.